The van der Waals surface area contributed by atoms with E-state index in [1.54, 1.807) is 7.11 Å². The minimum Gasteiger partial charge on any atom is -0.497 e. The van der Waals surface area contributed by atoms with Crippen LogP contribution in [0, 0.1) is 0 Å². The Morgan fingerprint density at radius 2 is 1.30 bits per heavy atom. The molecule has 3 rings (SSSR count). The standard InChI is InChI=1S/C27H32N2O/c1-28(20-21-29(2)22-23-10-6-4-7-11-23)19-18-27(24-12-8-5-9-13-24)25-14-16-26(30-3)17-15-25/h4-18H,19-22H2,1-3H3. The summed E-state index contributed by atoms with van der Waals surface area (Å²) in [5, 5.41) is 0. The first-order chi connectivity index (χ1) is 14.7. The quantitative estimate of drug-likeness (QED) is 0.466. The fraction of sp³-hybridized carbons (Fsp3) is 0.259. The van der Waals surface area contributed by atoms with Crippen LogP contribution in [0.5, 0.6) is 5.75 Å². The molecule has 156 valence electrons. The smallest absolute Gasteiger partial charge is 0.118 e. The summed E-state index contributed by atoms with van der Waals surface area (Å²) >= 11 is 0. The zero-order chi connectivity index (χ0) is 21.2. The number of methoxy groups -OCH3 is 1. The van der Waals surface area contributed by atoms with Gasteiger partial charge in [-0.1, -0.05) is 78.9 Å². The second-order valence-electron chi connectivity index (χ2n) is 7.70. The van der Waals surface area contributed by atoms with Crippen molar-refractivity contribution >= 4 is 5.57 Å². The molecule has 0 aliphatic carbocycles. The van der Waals surface area contributed by atoms with Gasteiger partial charge in [-0.3, -0.25) is 0 Å². The summed E-state index contributed by atoms with van der Waals surface area (Å²) in [4.78, 5) is 4.74. The van der Waals surface area contributed by atoms with Crippen LogP contribution in [0.15, 0.2) is 91.0 Å². The van der Waals surface area contributed by atoms with E-state index < -0.39 is 0 Å². The van der Waals surface area contributed by atoms with Gasteiger partial charge in [-0.05, 0) is 48.5 Å². The molecule has 3 heteroatoms. The van der Waals surface area contributed by atoms with E-state index >= 15 is 0 Å². The molecule has 0 aromatic heterocycles. The summed E-state index contributed by atoms with van der Waals surface area (Å²) in [6, 6.07) is 29.5. The molecule has 0 atom stereocenters. The average molecular weight is 401 g/mol. The van der Waals surface area contributed by atoms with Crippen molar-refractivity contribution in [2.24, 2.45) is 0 Å². The molecule has 3 aromatic carbocycles. The van der Waals surface area contributed by atoms with Crippen LogP contribution in [0.1, 0.15) is 16.7 Å². The molecule has 0 fully saturated rings. The molecule has 0 N–H and O–H groups in total. The molecule has 0 amide bonds. The molecule has 30 heavy (non-hydrogen) atoms. The van der Waals surface area contributed by atoms with Crippen molar-refractivity contribution in [2.75, 3.05) is 40.8 Å². The second-order valence-corrected chi connectivity index (χ2v) is 7.70. The summed E-state index contributed by atoms with van der Waals surface area (Å²) in [5.41, 5.74) is 5.05. The van der Waals surface area contributed by atoms with Gasteiger partial charge in [0, 0.05) is 26.2 Å². The van der Waals surface area contributed by atoms with Gasteiger partial charge in [0.1, 0.15) is 5.75 Å². The predicted octanol–water partition coefficient (Wildman–Crippen LogP) is 5.19. The topological polar surface area (TPSA) is 15.7 Å². The molecule has 0 radical (unpaired) electrons. The number of benzene rings is 3. The Balaban J connectivity index is 1.63. The third-order valence-corrected chi connectivity index (χ3v) is 5.25. The van der Waals surface area contributed by atoms with Crippen LogP contribution in [-0.4, -0.2) is 50.6 Å². The summed E-state index contributed by atoms with van der Waals surface area (Å²) in [6.07, 6.45) is 2.33. The van der Waals surface area contributed by atoms with Crippen molar-refractivity contribution in [1.82, 2.24) is 9.80 Å². The highest BCUT2D eigenvalue weighted by Gasteiger charge is 2.07. The molecule has 0 aliphatic heterocycles. The highest BCUT2D eigenvalue weighted by molar-refractivity contribution is 5.80. The highest BCUT2D eigenvalue weighted by Crippen LogP contribution is 2.25. The van der Waals surface area contributed by atoms with Gasteiger partial charge < -0.3 is 14.5 Å². The van der Waals surface area contributed by atoms with Crippen LogP contribution >= 0.6 is 0 Å². The molecule has 3 aromatic rings. The lowest BCUT2D eigenvalue weighted by Crippen LogP contribution is -2.30. The van der Waals surface area contributed by atoms with Gasteiger partial charge in [0.25, 0.3) is 0 Å². The Kier molecular flexibility index (Phi) is 8.25. The third-order valence-electron chi connectivity index (χ3n) is 5.25. The molecule has 0 heterocycles. The summed E-state index contributed by atoms with van der Waals surface area (Å²) < 4.78 is 5.32. The molecule has 0 unspecified atom stereocenters. The first-order valence-corrected chi connectivity index (χ1v) is 10.5. The van der Waals surface area contributed by atoms with Gasteiger partial charge in [-0.25, -0.2) is 0 Å². The number of likely N-dealkylation sites (N-methyl/N-ethyl adjacent to an activating group) is 2. The SMILES string of the molecule is COc1ccc(C(=CCN(C)CCN(C)Cc2ccccc2)c2ccccc2)cc1. The van der Waals surface area contributed by atoms with Crippen LogP contribution in [0.2, 0.25) is 0 Å². The third kappa shape index (κ3) is 6.58. The monoisotopic (exact) mass is 400 g/mol. The number of ether oxygens (including phenoxy) is 1. The molecule has 0 saturated heterocycles. The van der Waals surface area contributed by atoms with Gasteiger partial charge in [0.05, 0.1) is 7.11 Å². The van der Waals surface area contributed by atoms with E-state index in [1.165, 1.54) is 22.3 Å². The fourth-order valence-electron chi connectivity index (χ4n) is 3.44. The average Bonchev–Trinajstić information content (AvgIpc) is 2.79. The van der Waals surface area contributed by atoms with Gasteiger partial charge >= 0.3 is 0 Å². The van der Waals surface area contributed by atoms with Crippen LogP contribution in [0.25, 0.3) is 5.57 Å². The number of rotatable bonds is 10. The fourth-order valence-corrected chi connectivity index (χ4v) is 3.44. The van der Waals surface area contributed by atoms with Crippen LogP contribution in [0.4, 0.5) is 0 Å². The maximum absolute atomic E-state index is 5.32. The first-order valence-electron chi connectivity index (χ1n) is 10.5. The van der Waals surface area contributed by atoms with Crippen LogP contribution in [0.3, 0.4) is 0 Å². The van der Waals surface area contributed by atoms with Gasteiger partial charge in [-0.15, -0.1) is 0 Å². The van der Waals surface area contributed by atoms with Gasteiger partial charge in [0.15, 0.2) is 0 Å². The molecular weight excluding hydrogens is 368 g/mol. The van der Waals surface area contributed by atoms with E-state index in [0.717, 1.165) is 31.9 Å². The summed E-state index contributed by atoms with van der Waals surface area (Å²) in [6.45, 7) is 3.92. The Morgan fingerprint density at radius 1 is 0.733 bits per heavy atom. The number of hydrogen-bond donors (Lipinski definition) is 0. The maximum Gasteiger partial charge on any atom is 0.118 e. The van der Waals surface area contributed by atoms with Gasteiger partial charge in [-0.2, -0.15) is 0 Å². The first kappa shape index (κ1) is 21.8. The van der Waals surface area contributed by atoms with E-state index in [-0.39, 0.29) is 0 Å². The largest absolute Gasteiger partial charge is 0.497 e. The lowest BCUT2D eigenvalue weighted by molar-refractivity contribution is 0.264. The summed E-state index contributed by atoms with van der Waals surface area (Å²) in [7, 11) is 6.07. The second kappa shape index (κ2) is 11.3. The van der Waals surface area contributed by atoms with Crippen LogP contribution < -0.4 is 4.74 Å². The minimum atomic E-state index is 0.879. The molecule has 0 saturated carbocycles. The van der Waals surface area contributed by atoms with Gasteiger partial charge in [0.2, 0.25) is 0 Å². The molecule has 0 aliphatic rings. The Bertz CT molecular complexity index is 905. The molecule has 0 bridgehead atoms. The van der Waals surface area contributed by atoms with Crippen molar-refractivity contribution in [3.05, 3.63) is 108 Å². The Morgan fingerprint density at radius 3 is 1.93 bits per heavy atom. The van der Waals surface area contributed by atoms with E-state index in [1.807, 2.05) is 12.1 Å². The van der Waals surface area contributed by atoms with Crippen molar-refractivity contribution in [2.45, 2.75) is 6.54 Å². The minimum absolute atomic E-state index is 0.879. The lowest BCUT2D eigenvalue weighted by atomic mass is 9.97. The zero-order valence-corrected chi connectivity index (χ0v) is 18.3. The Hall–Kier alpha value is -2.88. The highest BCUT2D eigenvalue weighted by atomic mass is 16.5. The number of hydrogen-bond acceptors (Lipinski definition) is 3. The lowest BCUT2D eigenvalue weighted by Gasteiger charge is -2.21. The predicted molar refractivity (Wildman–Crippen MR) is 127 cm³/mol. The van der Waals surface area contributed by atoms with Crippen LogP contribution in [-0.2, 0) is 6.54 Å². The van der Waals surface area contributed by atoms with Crippen molar-refractivity contribution in [1.29, 1.82) is 0 Å². The summed E-state index contributed by atoms with van der Waals surface area (Å²) in [5.74, 6) is 0.879. The van der Waals surface area contributed by atoms with E-state index in [0.29, 0.717) is 0 Å². The maximum atomic E-state index is 5.32. The van der Waals surface area contributed by atoms with E-state index in [4.69, 9.17) is 4.74 Å². The van der Waals surface area contributed by atoms with Crippen molar-refractivity contribution < 1.29 is 4.74 Å². The van der Waals surface area contributed by atoms with Crippen molar-refractivity contribution in [3.63, 3.8) is 0 Å². The number of nitrogens with zero attached hydrogens (tertiary/aromatic N) is 2. The van der Waals surface area contributed by atoms with E-state index in [9.17, 15) is 0 Å². The normalized spacial score (nSPS) is 11.8. The molecular formula is C27H32N2O. The van der Waals surface area contributed by atoms with E-state index in [2.05, 4.69) is 103 Å². The molecule has 3 nitrogen and oxygen atoms in total. The van der Waals surface area contributed by atoms with Crippen molar-refractivity contribution in [3.8, 4) is 5.75 Å². The Labute approximate surface area is 181 Å². The molecule has 0 spiro atoms. The zero-order valence-electron chi connectivity index (χ0n) is 18.3.